The molecule has 6 nitrogen and oxygen atoms in total. The van der Waals surface area contributed by atoms with E-state index in [2.05, 4.69) is 5.32 Å². The number of ether oxygens (including phenoxy) is 3. The predicted octanol–water partition coefficient (Wildman–Crippen LogP) is 0.365. The van der Waals surface area contributed by atoms with Gasteiger partial charge in [-0.1, -0.05) is 30.3 Å². The molecular weight excluding hydrogens is 274 g/mol. The number of aliphatic hydroxyl groups excluding tert-OH is 1. The normalized spacial score (nSPS) is 35.8. The van der Waals surface area contributed by atoms with Crippen LogP contribution in [0.2, 0.25) is 0 Å². The molecule has 2 fully saturated rings. The molecule has 2 aliphatic heterocycles. The van der Waals surface area contributed by atoms with E-state index in [1.807, 2.05) is 30.3 Å². The number of hydrogen-bond acceptors (Lipinski definition) is 5. The monoisotopic (exact) mass is 293 g/mol. The highest BCUT2D eigenvalue weighted by Crippen LogP contribution is 2.32. The van der Waals surface area contributed by atoms with Gasteiger partial charge in [-0.15, -0.1) is 0 Å². The van der Waals surface area contributed by atoms with Crippen LogP contribution >= 0.6 is 0 Å². The zero-order chi connectivity index (χ0) is 14.8. The molecule has 2 aliphatic rings. The Morgan fingerprint density at radius 1 is 1.24 bits per heavy atom. The van der Waals surface area contributed by atoms with E-state index in [9.17, 15) is 9.90 Å². The Hall–Kier alpha value is -1.47. The summed E-state index contributed by atoms with van der Waals surface area (Å²) >= 11 is 0. The summed E-state index contributed by atoms with van der Waals surface area (Å²) < 4.78 is 17.1. The molecule has 0 bridgehead atoms. The molecule has 2 heterocycles. The van der Waals surface area contributed by atoms with E-state index in [4.69, 9.17) is 14.2 Å². The largest absolute Gasteiger partial charge is 0.388 e. The minimum Gasteiger partial charge on any atom is -0.388 e. The van der Waals surface area contributed by atoms with Crippen LogP contribution in [0.25, 0.3) is 0 Å². The van der Waals surface area contributed by atoms with E-state index in [1.54, 1.807) is 0 Å². The molecule has 3 rings (SSSR count). The maximum Gasteiger partial charge on any atom is 0.217 e. The summed E-state index contributed by atoms with van der Waals surface area (Å²) in [6.45, 7) is 2.02. The van der Waals surface area contributed by atoms with Crippen LogP contribution < -0.4 is 5.32 Å². The highest BCUT2D eigenvalue weighted by Gasteiger charge is 2.45. The third-order valence-corrected chi connectivity index (χ3v) is 3.76. The minimum atomic E-state index is -0.817. The Bertz CT molecular complexity index is 494. The van der Waals surface area contributed by atoms with E-state index in [0.717, 1.165) is 5.56 Å². The van der Waals surface area contributed by atoms with Crippen molar-refractivity contribution in [2.45, 2.75) is 37.6 Å². The van der Waals surface area contributed by atoms with Crippen LogP contribution in [-0.2, 0) is 19.0 Å². The molecule has 1 amide bonds. The predicted molar refractivity (Wildman–Crippen MR) is 73.4 cm³/mol. The smallest absolute Gasteiger partial charge is 0.217 e. The van der Waals surface area contributed by atoms with Gasteiger partial charge in [-0.05, 0) is 0 Å². The number of fused-ring (bicyclic) bond motifs is 1. The fourth-order valence-corrected chi connectivity index (χ4v) is 2.72. The Labute approximate surface area is 123 Å². The molecule has 5 atom stereocenters. The lowest BCUT2D eigenvalue weighted by molar-refractivity contribution is -0.302. The lowest BCUT2D eigenvalue weighted by atomic mass is 9.97. The molecule has 1 aromatic rings. The number of carbonyl (C=O) groups is 1. The number of benzene rings is 1. The van der Waals surface area contributed by atoms with E-state index in [1.165, 1.54) is 6.92 Å². The molecule has 6 heteroatoms. The molecule has 0 spiro atoms. The number of nitrogens with one attached hydrogen (secondary N) is 1. The standard InChI is InChI=1S/C15H19NO5/c1-9(17)16-11-7-19-12-8-20-15(21-14(12)13(11)18)10-5-3-2-4-6-10/h2-6,11-15,18H,7-8H2,1H3,(H,16,17)/t11-,12+,13+,14+,15?/m0/s1. The van der Waals surface area contributed by atoms with Crippen molar-refractivity contribution >= 4 is 5.91 Å². The van der Waals surface area contributed by atoms with E-state index >= 15 is 0 Å². The van der Waals surface area contributed by atoms with Crippen molar-refractivity contribution in [3.63, 3.8) is 0 Å². The Balaban J connectivity index is 1.71. The van der Waals surface area contributed by atoms with Gasteiger partial charge in [0.1, 0.15) is 18.3 Å². The lowest BCUT2D eigenvalue weighted by Crippen LogP contribution is -2.62. The van der Waals surface area contributed by atoms with Crippen LogP contribution in [0.1, 0.15) is 18.8 Å². The SMILES string of the molecule is CC(=O)N[C@H]1CO[C@@H]2COC(c3ccccc3)O[C@H]2[C@@H]1O. The Morgan fingerprint density at radius 3 is 2.71 bits per heavy atom. The van der Waals surface area contributed by atoms with Crippen LogP contribution in [0, 0.1) is 0 Å². The van der Waals surface area contributed by atoms with E-state index in [-0.39, 0.29) is 18.6 Å². The number of rotatable bonds is 2. The molecule has 0 aliphatic carbocycles. The van der Waals surface area contributed by atoms with Crippen molar-refractivity contribution in [1.82, 2.24) is 5.32 Å². The maximum absolute atomic E-state index is 11.2. The van der Waals surface area contributed by atoms with Gasteiger partial charge in [0, 0.05) is 12.5 Å². The summed E-state index contributed by atoms with van der Waals surface area (Å²) in [6.07, 6.45) is -2.18. The first-order chi connectivity index (χ1) is 10.1. The number of amides is 1. The average molecular weight is 293 g/mol. The summed E-state index contributed by atoms with van der Waals surface area (Å²) in [4.78, 5) is 11.2. The minimum absolute atomic E-state index is 0.201. The maximum atomic E-state index is 11.2. The molecule has 0 saturated carbocycles. The summed E-state index contributed by atoms with van der Waals surface area (Å²) in [5, 5.41) is 13.1. The fraction of sp³-hybridized carbons (Fsp3) is 0.533. The Morgan fingerprint density at radius 2 is 2.00 bits per heavy atom. The van der Waals surface area contributed by atoms with Crippen molar-refractivity contribution in [3.05, 3.63) is 35.9 Å². The average Bonchev–Trinajstić information content (AvgIpc) is 2.50. The molecule has 0 radical (unpaired) electrons. The lowest BCUT2D eigenvalue weighted by Gasteiger charge is -2.44. The fourth-order valence-electron chi connectivity index (χ4n) is 2.72. The molecule has 0 aromatic heterocycles. The second kappa shape index (κ2) is 6.11. The van der Waals surface area contributed by atoms with Crippen molar-refractivity contribution in [2.75, 3.05) is 13.2 Å². The molecule has 1 unspecified atom stereocenters. The van der Waals surface area contributed by atoms with Crippen molar-refractivity contribution in [1.29, 1.82) is 0 Å². The first kappa shape index (κ1) is 14.5. The molecule has 114 valence electrons. The zero-order valence-corrected chi connectivity index (χ0v) is 11.8. The second-order valence-corrected chi connectivity index (χ2v) is 5.35. The van der Waals surface area contributed by atoms with Gasteiger partial charge < -0.3 is 24.6 Å². The highest BCUT2D eigenvalue weighted by molar-refractivity contribution is 5.73. The summed E-state index contributed by atoms with van der Waals surface area (Å²) in [7, 11) is 0. The van der Waals surface area contributed by atoms with Gasteiger partial charge in [0.2, 0.25) is 5.91 Å². The third kappa shape index (κ3) is 3.08. The molecule has 2 saturated heterocycles. The van der Waals surface area contributed by atoms with Gasteiger partial charge in [0.15, 0.2) is 6.29 Å². The van der Waals surface area contributed by atoms with E-state index in [0.29, 0.717) is 6.61 Å². The third-order valence-electron chi connectivity index (χ3n) is 3.76. The molecule has 21 heavy (non-hydrogen) atoms. The first-order valence-corrected chi connectivity index (χ1v) is 7.04. The first-order valence-electron chi connectivity index (χ1n) is 7.04. The Kier molecular flexibility index (Phi) is 4.21. The van der Waals surface area contributed by atoms with Crippen LogP contribution in [-0.4, -0.2) is 48.6 Å². The molecular formula is C15H19NO5. The zero-order valence-electron chi connectivity index (χ0n) is 11.8. The van der Waals surface area contributed by atoms with Gasteiger partial charge in [-0.3, -0.25) is 4.79 Å². The van der Waals surface area contributed by atoms with Crippen LogP contribution in [0.15, 0.2) is 30.3 Å². The quantitative estimate of drug-likeness (QED) is 0.823. The van der Waals surface area contributed by atoms with Gasteiger partial charge in [0.25, 0.3) is 0 Å². The number of aliphatic hydroxyl groups is 1. The summed E-state index contributed by atoms with van der Waals surface area (Å²) in [6, 6.07) is 9.09. The highest BCUT2D eigenvalue weighted by atomic mass is 16.7. The molecule has 2 N–H and O–H groups in total. The van der Waals surface area contributed by atoms with Gasteiger partial charge in [-0.2, -0.15) is 0 Å². The molecule has 1 aromatic carbocycles. The summed E-state index contributed by atoms with van der Waals surface area (Å²) in [5.41, 5.74) is 0.893. The van der Waals surface area contributed by atoms with Crippen LogP contribution in [0.3, 0.4) is 0 Å². The van der Waals surface area contributed by atoms with Crippen molar-refractivity contribution < 1.29 is 24.1 Å². The van der Waals surface area contributed by atoms with Gasteiger partial charge in [-0.25, -0.2) is 0 Å². The van der Waals surface area contributed by atoms with Crippen LogP contribution in [0.5, 0.6) is 0 Å². The topological polar surface area (TPSA) is 77.0 Å². The van der Waals surface area contributed by atoms with Crippen LogP contribution in [0.4, 0.5) is 0 Å². The number of hydrogen-bond donors (Lipinski definition) is 2. The van der Waals surface area contributed by atoms with Gasteiger partial charge >= 0.3 is 0 Å². The number of carbonyl (C=O) groups excluding carboxylic acids is 1. The van der Waals surface area contributed by atoms with Crippen molar-refractivity contribution in [2.24, 2.45) is 0 Å². The summed E-state index contributed by atoms with van der Waals surface area (Å²) in [5.74, 6) is -0.201. The second-order valence-electron chi connectivity index (χ2n) is 5.35. The van der Waals surface area contributed by atoms with Gasteiger partial charge in [0.05, 0.1) is 19.3 Å². The van der Waals surface area contributed by atoms with E-state index < -0.39 is 24.5 Å². The van der Waals surface area contributed by atoms with Crippen molar-refractivity contribution in [3.8, 4) is 0 Å².